The zero-order valence-corrected chi connectivity index (χ0v) is 15.1. The van der Waals surface area contributed by atoms with E-state index in [2.05, 4.69) is 41.5 Å². The van der Waals surface area contributed by atoms with Gasteiger partial charge >= 0.3 is 0 Å². The summed E-state index contributed by atoms with van der Waals surface area (Å²) in [6.45, 7) is 1.18. The SMILES string of the molecule is Cn1cc2cc(-c3ccc4c(c3)C3(COC(N)=N3)C3(CC3)CO4)ccc2n1. The van der Waals surface area contributed by atoms with Crippen molar-refractivity contribution < 1.29 is 9.47 Å². The Kier molecular flexibility index (Phi) is 2.69. The van der Waals surface area contributed by atoms with E-state index in [4.69, 9.17) is 20.2 Å². The fourth-order valence-corrected chi connectivity index (χ4v) is 4.66. The van der Waals surface area contributed by atoms with Crippen LogP contribution in [0.3, 0.4) is 0 Å². The molecule has 2 N–H and O–H groups in total. The highest BCUT2D eigenvalue weighted by molar-refractivity contribution is 5.84. The summed E-state index contributed by atoms with van der Waals surface area (Å²) in [7, 11) is 1.94. The second-order valence-corrected chi connectivity index (χ2v) is 7.96. The zero-order chi connectivity index (χ0) is 18.2. The molecule has 136 valence electrons. The maximum atomic E-state index is 6.11. The van der Waals surface area contributed by atoms with Gasteiger partial charge in [-0.1, -0.05) is 12.1 Å². The first kappa shape index (κ1) is 15.1. The molecule has 1 saturated carbocycles. The van der Waals surface area contributed by atoms with E-state index >= 15 is 0 Å². The summed E-state index contributed by atoms with van der Waals surface area (Å²) in [4.78, 5) is 4.80. The average molecular weight is 360 g/mol. The predicted octanol–water partition coefficient (Wildman–Crippen LogP) is 2.95. The standard InChI is InChI=1S/C21H20N4O2/c1-25-10-15-8-13(2-4-17(15)24-25)14-3-5-18-16(9-14)21(12-27-19(22)23-21)20(6-7-20)11-26-18/h2-5,8-10H,6-7,11-12H2,1H3,(H2,22,23). The summed E-state index contributed by atoms with van der Waals surface area (Å²) in [6, 6.07) is 13.0. The smallest absolute Gasteiger partial charge is 0.283 e. The molecule has 3 heterocycles. The van der Waals surface area contributed by atoms with Crippen molar-refractivity contribution in [3.05, 3.63) is 48.2 Å². The van der Waals surface area contributed by atoms with Crippen LogP contribution in [0.4, 0.5) is 0 Å². The fraction of sp³-hybridized carbons (Fsp3) is 0.333. The van der Waals surface area contributed by atoms with Crippen LogP contribution in [-0.2, 0) is 17.3 Å². The lowest BCUT2D eigenvalue weighted by Crippen LogP contribution is -2.44. The van der Waals surface area contributed by atoms with E-state index in [1.807, 2.05) is 17.9 Å². The minimum atomic E-state index is -0.418. The number of rotatable bonds is 1. The van der Waals surface area contributed by atoms with Crippen molar-refractivity contribution in [2.75, 3.05) is 13.2 Å². The maximum absolute atomic E-state index is 6.11. The molecule has 0 saturated heterocycles. The molecule has 1 aromatic heterocycles. The number of fused-ring (bicyclic) bond motifs is 4. The van der Waals surface area contributed by atoms with E-state index in [1.54, 1.807) is 0 Å². The van der Waals surface area contributed by atoms with E-state index in [1.165, 1.54) is 0 Å². The topological polar surface area (TPSA) is 74.7 Å². The fourth-order valence-electron chi connectivity index (χ4n) is 4.66. The van der Waals surface area contributed by atoms with Crippen molar-refractivity contribution in [2.24, 2.45) is 23.2 Å². The Balaban J connectivity index is 1.52. The van der Waals surface area contributed by atoms with Gasteiger partial charge in [-0.2, -0.15) is 5.10 Å². The number of nitrogens with two attached hydrogens (primary N) is 1. The van der Waals surface area contributed by atoms with E-state index in [0.717, 1.165) is 46.2 Å². The third-order valence-corrected chi connectivity index (χ3v) is 6.34. The third kappa shape index (κ3) is 1.95. The molecule has 1 unspecified atom stereocenters. The van der Waals surface area contributed by atoms with E-state index in [-0.39, 0.29) is 11.4 Å². The van der Waals surface area contributed by atoms with Crippen LogP contribution >= 0.6 is 0 Å². The first-order valence-electron chi connectivity index (χ1n) is 9.28. The molecule has 27 heavy (non-hydrogen) atoms. The van der Waals surface area contributed by atoms with Crippen LogP contribution in [-0.4, -0.2) is 29.0 Å². The number of benzene rings is 2. The van der Waals surface area contributed by atoms with E-state index in [0.29, 0.717) is 13.2 Å². The third-order valence-electron chi connectivity index (χ3n) is 6.34. The number of hydrogen-bond acceptors (Lipinski definition) is 5. The summed E-state index contributed by atoms with van der Waals surface area (Å²) in [6.07, 6.45) is 4.23. The van der Waals surface area contributed by atoms with E-state index in [9.17, 15) is 0 Å². The molecule has 2 aliphatic heterocycles. The molecule has 0 amide bonds. The van der Waals surface area contributed by atoms with Gasteiger partial charge in [-0.05, 0) is 48.2 Å². The van der Waals surface area contributed by atoms with Crippen molar-refractivity contribution in [3.8, 4) is 16.9 Å². The molecule has 2 spiro atoms. The lowest BCUT2D eigenvalue weighted by molar-refractivity contribution is 0.0871. The van der Waals surface area contributed by atoms with Gasteiger partial charge in [0.05, 0.1) is 12.1 Å². The number of nitrogens with zero attached hydrogens (tertiary/aromatic N) is 3. The van der Waals surface area contributed by atoms with Gasteiger partial charge in [-0.3, -0.25) is 4.68 Å². The van der Waals surface area contributed by atoms with Crippen molar-refractivity contribution in [2.45, 2.75) is 18.4 Å². The molecule has 6 heteroatoms. The lowest BCUT2D eigenvalue weighted by atomic mass is 9.74. The summed E-state index contributed by atoms with van der Waals surface area (Å²) >= 11 is 0. The molecular formula is C21H20N4O2. The zero-order valence-electron chi connectivity index (χ0n) is 15.1. The molecule has 3 aromatic rings. The van der Waals surface area contributed by atoms with Crippen molar-refractivity contribution >= 4 is 16.9 Å². The first-order valence-corrected chi connectivity index (χ1v) is 9.28. The van der Waals surface area contributed by atoms with Crippen molar-refractivity contribution in [3.63, 3.8) is 0 Å². The number of aromatic nitrogens is 2. The number of amidine groups is 1. The highest BCUT2D eigenvalue weighted by atomic mass is 16.5. The lowest BCUT2D eigenvalue weighted by Gasteiger charge is -2.39. The Hall–Kier alpha value is -3.02. The van der Waals surface area contributed by atoms with Crippen molar-refractivity contribution in [1.29, 1.82) is 0 Å². The molecule has 0 bridgehead atoms. The predicted molar refractivity (Wildman–Crippen MR) is 103 cm³/mol. The average Bonchev–Trinajstić information content (AvgIpc) is 3.20. The molecule has 6 rings (SSSR count). The molecule has 6 nitrogen and oxygen atoms in total. The molecule has 2 aromatic carbocycles. The Morgan fingerprint density at radius 2 is 1.85 bits per heavy atom. The quantitative estimate of drug-likeness (QED) is 0.724. The van der Waals surface area contributed by atoms with Gasteiger partial charge in [0, 0.05) is 29.6 Å². The Bertz CT molecular complexity index is 1130. The maximum Gasteiger partial charge on any atom is 0.283 e. The monoisotopic (exact) mass is 360 g/mol. The highest BCUT2D eigenvalue weighted by Crippen LogP contribution is 2.65. The van der Waals surface area contributed by atoms with Crippen LogP contribution in [0.5, 0.6) is 5.75 Å². The van der Waals surface area contributed by atoms with Crippen molar-refractivity contribution in [1.82, 2.24) is 9.78 Å². The molecule has 0 radical (unpaired) electrons. The van der Waals surface area contributed by atoms with Gasteiger partial charge in [0.2, 0.25) is 0 Å². The van der Waals surface area contributed by atoms with Gasteiger partial charge < -0.3 is 15.2 Å². The van der Waals surface area contributed by atoms with Gasteiger partial charge in [0.25, 0.3) is 6.02 Å². The van der Waals surface area contributed by atoms with Crippen LogP contribution in [0.2, 0.25) is 0 Å². The number of aliphatic imine (C=N–C) groups is 1. The minimum Gasteiger partial charge on any atom is -0.493 e. The Morgan fingerprint density at radius 1 is 1.04 bits per heavy atom. The van der Waals surface area contributed by atoms with Gasteiger partial charge in [-0.25, -0.2) is 4.99 Å². The van der Waals surface area contributed by atoms with Crippen LogP contribution in [0.1, 0.15) is 18.4 Å². The van der Waals surface area contributed by atoms with Gasteiger partial charge in [0.1, 0.15) is 17.9 Å². The summed E-state index contributed by atoms with van der Waals surface area (Å²) < 4.78 is 13.6. The summed E-state index contributed by atoms with van der Waals surface area (Å²) in [5, 5.41) is 5.59. The number of hydrogen-bond donors (Lipinski definition) is 1. The number of aryl methyl sites for hydroxylation is 1. The summed E-state index contributed by atoms with van der Waals surface area (Å²) in [5.74, 6) is 0.890. The second-order valence-electron chi connectivity index (χ2n) is 7.96. The molecule has 3 aliphatic rings. The van der Waals surface area contributed by atoms with Crippen LogP contribution in [0, 0.1) is 5.41 Å². The molecule has 1 atom stereocenters. The minimum absolute atomic E-state index is 0.0209. The molecular weight excluding hydrogens is 340 g/mol. The second kappa shape index (κ2) is 4.82. The largest absolute Gasteiger partial charge is 0.493 e. The van der Waals surface area contributed by atoms with Crippen LogP contribution < -0.4 is 10.5 Å². The molecule has 1 fully saturated rings. The Labute approximate surface area is 156 Å². The Morgan fingerprint density at radius 3 is 2.63 bits per heavy atom. The molecule has 1 aliphatic carbocycles. The first-order chi connectivity index (χ1) is 13.1. The van der Waals surface area contributed by atoms with E-state index < -0.39 is 5.54 Å². The van der Waals surface area contributed by atoms with Crippen LogP contribution in [0.25, 0.3) is 22.0 Å². The highest BCUT2D eigenvalue weighted by Gasteiger charge is 2.66. The van der Waals surface area contributed by atoms with Crippen LogP contribution in [0.15, 0.2) is 47.6 Å². The van der Waals surface area contributed by atoms with Gasteiger partial charge in [-0.15, -0.1) is 0 Å². The van der Waals surface area contributed by atoms with Gasteiger partial charge in [0.15, 0.2) is 0 Å². The number of ether oxygens (including phenoxy) is 2. The normalized spacial score (nSPS) is 24.6. The summed E-state index contributed by atoms with van der Waals surface area (Å²) in [5.41, 5.74) is 9.92.